The van der Waals surface area contributed by atoms with Crippen molar-refractivity contribution in [2.45, 2.75) is 19.9 Å². The molecule has 0 saturated heterocycles. The Morgan fingerprint density at radius 1 is 1.17 bits per heavy atom. The van der Waals surface area contributed by atoms with Gasteiger partial charge in [-0.3, -0.25) is 4.79 Å². The molecule has 4 nitrogen and oxygen atoms in total. The Hall–Kier alpha value is -2.40. The van der Waals surface area contributed by atoms with E-state index in [0.29, 0.717) is 5.56 Å². The summed E-state index contributed by atoms with van der Waals surface area (Å²) in [6.45, 7) is 3.95. The van der Waals surface area contributed by atoms with Gasteiger partial charge < -0.3 is 9.88 Å². The number of nitrogens with zero attached hydrogens (tertiary/aromatic N) is 2. The molecule has 1 aromatic heterocycles. The van der Waals surface area contributed by atoms with Crippen molar-refractivity contribution in [3.05, 3.63) is 82.3 Å². The Bertz CT molecular complexity index is 855. The number of rotatable bonds is 4. The lowest BCUT2D eigenvalue weighted by atomic mass is 10.1. The molecule has 24 heavy (non-hydrogen) atoms. The first-order valence-electron chi connectivity index (χ1n) is 7.72. The van der Waals surface area contributed by atoms with Crippen molar-refractivity contribution in [3.8, 4) is 5.69 Å². The largest absolute Gasteiger partial charge is 0.345 e. The molecule has 3 aromatic rings. The maximum Gasteiger partial charge on any atom is 0.252 e. The highest BCUT2D eigenvalue weighted by Gasteiger charge is 2.13. The number of halogens is 1. The van der Waals surface area contributed by atoms with Gasteiger partial charge in [0.1, 0.15) is 5.82 Å². The number of carbonyl (C=O) groups excluding carboxylic acids is 1. The summed E-state index contributed by atoms with van der Waals surface area (Å²) >= 11 is 3.41. The quantitative estimate of drug-likeness (QED) is 0.723. The fraction of sp³-hybridized carbons (Fsp3) is 0.158. The third kappa shape index (κ3) is 3.41. The topological polar surface area (TPSA) is 46.9 Å². The van der Waals surface area contributed by atoms with Crippen LogP contribution in [0.15, 0.2) is 65.4 Å². The zero-order chi connectivity index (χ0) is 17.1. The Balaban J connectivity index is 1.74. The van der Waals surface area contributed by atoms with Crippen molar-refractivity contribution < 1.29 is 4.79 Å². The summed E-state index contributed by atoms with van der Waals surface area (Å²) in [4.78, 5) is 16.6. The molecule has 0 aliphatic rings. The summed E-state index contributed by atoms with van der Waals surface area (Å²) in [6.07, 6.45) is 3.71. The van der Waals surface area contributed by atoms with Gasteiger partial charge in [0.05, 0.1) is 11.6 Å². The molecule has 0 fully saturated rings. The van der Waals surface area contributed by atoms with E-state index in [1.54, 1.807) is 12.3 Å². The highest BCUT2D eigenvalue weighted by atomic mass is 79.9. The number of hydrogen-bond donors (Lipinski definition) is 1. The van der Waals surface area contributed by atoms with Crippen LogP contribution in [0.2, 0.25) is 0 Å². The van der Waals surface area contributed by atoms with Crippen LogP contribution in [0.25, 0.3) is 5.69 Å². The van der Waals surface area contributed by atoms with Gasteiger partial charge in [-0.2, -0.15) is 0 Å². The summed E-state index contributed by atoms with van der Waals surface area (Å²) in [7, 11) is 0. The number of amides is 1. The lowest BCUT2D eigenvalue weighted by Gasteiger charge is -2.16. The number of imidazole rings is 1. The van der Waals surface area contributed by atoms with Crippen molar-refractivity contribution in [2.75, 3.05) is 0 Å². The third-order valence-electron chi connectivity index (χ3n) is 3.96. The maximum atomic E-state index is 12.4. The van der Waals surface area contributed by atoms with Crippen LogP contribution in [0.3, 0.4) is 0 Å². The van der Waals surface area contributed by atoms with E-state index in [4.69, 9.17) is 0 Å². The van der Waals surface area contributed by atoms with Crippen LogP contribution in [-0.2, 0) is 0 Å². The minimum Gasteiger partial charge on any atom is -0.345 e. The molecule has 0 radical (unpaired) electrons. The van der Waals surface area contributed by atoms with E-state index in [1.165, 1.54) is 0 Å². The monoisotopic (exact) mass is 383 g/mol. The molecule has 0 spiro atoms. The molecule has 0 aliphatic carbocycles. The molecule has 1 atom stereocenters. The highest BCUT2D eigenvalue weighted by Crippen LogP contribution is 2.19. The molecule has 0 saturated carbocycles. The highest BCUT2D eigenvalue weighted by molar-refractivity contribution is 9.10. The first-order chi connectivity index (χ1) is 11.6. The fourth-order valence-electron chi connectivity index (χ4n) is 2.58. The maximum absolute atomic E-state index is 12.4. The molecular weight excluding hydrogens is 366 g/mol. The average Bonchev–Trinajstić information content (AvgIpc) is 3.01. The molecule has 1 amide bonds. The van der Waals surface area contributed by atoms with E-state index in [0.717, 1.165) is 21.5 Å². The summed E-state index contributed by atoms with van der Waals surface area (Å²) in [5.41, 5.74) is 2.74. The van der Waals surface area contributed by atoms with Crippen LogP contribution < -0.4 is 5.32 Å². The Kier molecular flexibility index (Phi) is 4.81. The first kappa shape index (κ1) is 16.5. The Morgan fingerprint density at radius 3 is 2.50 bits per heavy atom. The molecule has 1 heterocycles. The van der Waals surface area contributed by atoms with Crippen LogP contribution in [0.1, 0.15) is 34.7 Å². The van der Waals surface area contributed by atoms with Gasteiger partial charge in [-0.25, -0.2) is 4.98 Å². The van der Waals surface area contributed by atoms with Crippen molar-refractivity contribution in [2.24, 2.45) is 0 Å². The van der Waals surface area contributed by atoms with Crippen LogP contribution in [0.4, 0.5) is 0 Å². The number of hydrogen-bond acceptors (Lipinski definition) is 2. The Labute approximate surface area is 149 Å². The number of aromatic nitrogens is 2. The van der Waals surface area contributed by atoms with Gasteiger partial charge in [0.25, 0.3) is 5.91 Å². The lowest BCUT2D eigenvalue weighted by molar-refractivity contribution is 0.0939. The van der Waals surface area contributed by atoms with Gasteiger partial charge in [-0.1, -0.05) is 24.3 Å². The number of nitrogens with one attached hydrogen (secondary N) is 1. The predicted molar refractivity (Wildman–Crippen MR) is 98.3 cm³/mol. The van der Waals surface area contributed by atoms with Gasteiger partial charge in [-0.15, -0.1) is 0 Å². The summed E-state index contributed by atoms with van der Waals surface area (Å²) in [5.74, 6) is 0.850. The SMILES string of the molecule is Cc1nccn1-c1ccc(C(C)NC(=O)c2ccccc2Br)cc1. The second-order valence-electron chi connectivity index (χ2n) is 5.61. The van der Waals surface area contributed by atoms with Crippen LogP contribution in [-0.4, -0.2) is 15.5 Å². The Morgan fingerprint density at radius 2 is 1.88 bits per heavy atom. The molecule has 2 aromatic carbocycles. The number of benzene rings is 2. The molecule has 5 heteroatoms. The van der Waals surface area contributed by atoms with Crippen molar-refractivity contribution in [3.63, 3.8) is 0 Å². The molecule has 122 valence electrons. The predicted octanol–water partition coefficient (Wildman–Crippen LogP) is 4.43. The molecule has 3 rings (SSSR count). The minimum absolute atomic E-state index is 0.0810. The van der Waals surface area contributed by atoms with Gasteiger partial charge in [-0.05, 0) is 59.6 Å². The average molecular weight is 384 g/mol. The first-order valence-corrected chi connectivity index (χ1v) is 8.51. The summed E-state index contributed by atoms with van der Waals surface area (Å²) < 4.78 is 2.81. The number of carbonyl (C=O) groups is 1. The second-order valence-corrected chi connectivity index (χ2v) is 6.47. The minimum atomic E-state index is -0.0931. The second kappa shape index (κ2) is 7.01. The van der Waals surface area contributed by atoms with E-state index in [2.05, 4.69) is 26.2 Å². The molecule has 1 unspecified atom stereocenters. The van der Waals surface area contributed by atoms with E-state index >= 15 is 0 Å². The smallest absolute Gasteiger partial charge is 0.252 e. The zero-order valence-electron chi connectivity index (χ0n) is 13.5. The molecular formula is C19H18BrN3O. The standard InChI is InChI=1S/C19H18BrN3O/c1-13(22-19(24)17-5-3-4-6-18(17)20)15-7-9-16(10-8-15)23-12-11-21-14(23)2/h3-13H,1-2H3,(H,22,24). The van der Waals surface area contributed by atoms with E-state index in [9.17, 15) is 4.79 Å². The van der Waals surface area contributed by atoms with Crippen LogP contribution in [0.5, 0.6) is 0 Å². The zero-order valence-corrected chi connectivity index (χ0v) is 15.1. The van der Waals surface area contributed by atoms with Gasteiger partial charge in [0.15, 0.2) is 0 Å². The van der Waals surface area contributed by atoms with E-state index in [1.807, 2.05) is 67.1 Å². The molecule has 0 aliphatic heterocycles. The van der Waals surface area contributed by atoms with E-state index < -0.39 is 0 Å². The third-order valence-corrected chi connectivity index (χ3v) is 4.65. The van der Waals surface area contributed by atoms with Crippen molar-refractivity contribution in [1.29, 1.82) is 0 Å². The van der Waals surface area contributed by atoms with E-state index in [-0.39, 0.29) is 11.9 Å². The van der Waals surface area contributed by atoms with Gasteiger partial charge in [0.2, 0.25) is 0 Å². The lowest BCUT2D eigenvalue weighted by Crippen LogP contribution is -2.26. The van der Waals surface area contributed by atoms with Gasteiger partial charge >= 0.3 is 0 Å². The summed E-state index contributed by atoms with van der Waals surface area (Å²) in [6, 6.07) is 15.4. The van der Waals surface area contributed by atoms with Crippen LogP contribution in [0, 0.1) is 6.92 Å². The normalized spacial score (nSPS) is 12.0. The number of aryl methyl sites for hydroxylation is 1. The molecule has 1 N–H and O–H groups in total. The summed E-state index contributed by atoms with van der Waals surface area (Å²) in [5, 5.41) is 3.03. The van der Waals surface area contributed by atoms with Crippen LogP contribution >= 0.6 is 15.9 Å². The molecule has 0 bridgehead atoms. The van der Waals surface area contributed by atoms with Crippen molar-refractivity contribution in [1.82, 2.24) is 14.9 Å². The van der Waals surface area contributed by atoms with Crippen molar-refractivity contribution >= 4 is 21.8 Å². The van der Waals surface area contributed by atoms with Gasteiger partial charge in [0, 0.05) is 22.6 Å². The fourth-order valence-corrected chi connectivity index (χ4v) is 3.04.